The van der Waals surface area contributed by atoms with Crippen molar-refractivity contribution in [2.75, 3.05) is 31.7 Å². The third-order valence-electron chi connectivity index (χ3n) is 7.42. The number of amides is 1. The van der Waals surface area contributed by atoms with Crippen molar-refractivity contribution in [3.63, 3.8) is 0 Å². The van der Waals surface area contributed by atoms with Crippen LogP contribution in [0.2, 0.25) is 10.0 Å². The molecule has 0 spiro atoms. The van der Waals surface area contributed by atoms with Gasteiger partial charge in [-0.3, -0.25) is 14.5 Å². The Morgan fingerprint density at radius 2 is 1.75 bits per heavy atom. The molecule has 2 aliphatic heterocycles. The van der Waals surface area contributed by atoms with Gasteiger partial charge in [-0.1, -0.05) is 47.5 Å². The summed E-state index contributed by atoms with van der Waals surface area (Å²) < 4.78 is 11.7. The second kappa shape index (κ2) is 12.3. The molecule has 2 N–H and O–H groups in total. The van der Waals surface area contributed by atoms with Gasteiger partial charge >= 0.3 is 0 Å². The monoisotopic (exact) mass is 580 g/mol. The van der Waals surface area contributed by atoms with Crippen molar-refractivity contribution >= 4 is 40.6 Å². The van der Waals surface area contributed by atoms with E-state index in [1.165, 1.54) is 4.90 Å². The maximum atomic E-state index is 13.8. The van der Waals surface area contributed by atoms with Gasteiger partial charge in [-0.25, -0.2) is 0 Å². The third kappa shape index (κ3) is 5.68. The molecule has 1 amide bonds. The number of hydrogen-bond donors (Lipinski definition) is 2. The Kier molecular flexibility index (Phi) is 8.64. The summed E-state index contributed by atoms with van der Waals surface area (Å²) in [7, 11) is 1.56. The zero-order valence-corrected chi connectivity index (χ0v) is 23.5. The van der Waals surface area contributed by atoms with Crippen LogP contribution in [0.25, 0.3) is 0 Å². The van der Waals surface area contributed by atoms with Gasteiger partial charge < -0.3 is 19.9 Å². The first-order valence-electron chi connectivity index (χ1n) is 13.2. The molecule has 1 saturated heterocycles. The van der Waals surface area contributed by atoms with E-state index >= 15 is 0 Å². The topological polar surface area (TPSA) is 88.1 Å². The van der Waals surface area contributed by atoms with Crippen LogP contribution in [-0.2, 0) is 4.79 Å². The number of benzene rings is 3. The number of Topliss-reactive ketones (excluding diaryl/α,β-unsaturated/α-hetero) is 1. The molecule has 1 fully saturated rings. The van der Waals surface area contributed by atoms with Crippen LogP contribution in [0, 0.1) is 5.92 Å². The summed E-state index contributed by atoms with van der Waals surface area (Å²) in [6.07, 6.45) is 3.13. The van der Waals surface area contributed by atoms with Gasteiger partial charge in [-0.2, -0.15) is 0 Å². The first-order valence-corrected chi connectivity index (χ1v) is 14.0. The van der Waals surface area contributed by atoms with E-state index in [9.17, 15) is 14.7 Å². The Bertz CT molecular complexity index is 1430. The molecule has 1 unspecified atom stereocenters. The van der Waals surface area contributed by atoms with Crippen molar-refractivity contribution in [2.45, 2.75) is 25.3 Å². The van der Waals surface area contributed by atoms with Gasteiger partial charge in [0.15, 0.2) is 23.0 Å². The van der Waals surface area contributed by atoms with Crippen molar-refractivity contribution in [3.05, 3.63) is 99.2 Å². The highest BCUT2D eigenvalue weighted by molar-refractivity contribution is 6.35. The fourth-order valence-electron chi connectivity index (χ4n) is 5.29. The van der Waals surface area contributed by atoms with Gasteiger partial charge in [0.2, 0.25) is 0 Å². The summed E-state index contributed by atoms with van der Waals surface area (Å²) in [5.74, 6) is -0.291. The molecule has 208 valence electrons. The molecule has 1 atom stereocenters. The standard InChI is InChI=1S/C31H30Cl2N2O5/c1-39-25-11-10-22(18-26(25)40-17-14-19-12-15-34-16-13-19)35-28(20-6-8-21(32)9-7-20)27(30(37)31(35)38)29(36)23-4-2-3-5-24(23)33/h2-11,18-19,28,34,37H,12-17H2,1H3. The predicted molar refractivity (Wildman–Crippen MR) is 156 cm³/mol. The number of anilines is 1. The van der Waals surface area contributed by atoms with Gasteiger partial charge in [0, 0.05) is 22.3 Å². The number of nitrogens with zero attached hydrogens (tertiary/aromatic N) is 1. The van der Waals surface area contributed by atoms with E-state index in [1.807, 2.05) is 0 Å². The smallest absolute Gasteiger partial charge is 0.294 e. The number of hydrogen-bond acceptors (Lipinski definition) is 6. The van der Waals surface area contributed by atoms with Gasteiger partial charge in [0.05, 0.1) is 30.4 Å². The molecule has 7 nitrogen and oxygen atoms in total. The SMILES string of the molecule is COc1ccc(N2C(=O)C(O)=C(C(=O)c3ccccc3Cl)C2c2ccc(Cl)cc2)cc1OCCC1CCNCC1. The molecule has 0 radical (unpaired) electrons. The van der Waals surface area contributed by atoms with Crippen LogP contribution in [0.15, 0.2) is 78.1 Å². The van der Waals surface area contributed by atoms with Crippen molar-refractivity contribution in [2.24, 2.45) is 5.92 Å². The predicted octanol–water partition coefficient (Wildman–Crippen LogP) is 6.55. The minimum Gasteiger partial charge on any atom is -0.503 e. The Balaban J connectivity index is 1.51. The number of aliphatic hydroxyl groups excluding tert-OH is 1. The van der Waals surface area contributed by atoms with Gasteiger partial charge in [0.25, 0.3) is 5.91 Å². The number of ether oxygens (including phenoxy) is 2. The number of piperidine rings is 1. The summed E-state index contributed by atoms with van der Waals surface area (Å²) >= 11 is 12.5. The summed E-state index contributed by atoms with van der Waals surface area (Å²) in [5, 5.41) is 15.2. The van der Waals surface area contributed by atoms with Crippen LogP contribution in [0.1, 0.15) is 41.2 Å². The molecule has 0 bridgehead atoms. The molecule has 9 heteroatoms. The Labute approximate surface area is 243 Å². The highest BCUT2D eigenvalue weighted by Gasteiger charge is 2.45. The average molecular weight is 581 g/mol. The summed E-state index contributed by atoms with van der Waals surface area (Å²) in [6.45, 7) is 2.52. The number of carbonyl (C=O) groups excluding carboxylic acids is 2. The van der Waals surface area contributed by atoms with Gasteiger partial charge in [-0.05, 0) is 80.2 Å². The molecule has 3 aromatic rings. The molecule has 5 rings (SSSR count). The zero-order valence-electron chi connectivity index (χ0n) is 22.0. The van der Waals surface area contributed by atoms with Crippen LogP contribution in [-0.4, -0.2) is 43.6 Å². The van der Waals surface area contributed by atoms with E-state index in [-0.39, 0.29) is 16.2 Å². The normalized spacial score (nSPS) is 17.8. The molecular formula is C31H30Cl2N2O5. The molecule has 2 heterocycles. The molecule has 0 saturated carbocycles. The van der Waals surface area contributed by atoms with Crippen LogP contribution in [0.5, 0.6) is 11.5 Å². The van der Waals surface area contributed by atoms with Crippen molar-refractivity contribution in [1.29, 1.82) is 0 Å². The number of carbonyl (C=O) groups is 2. The summed E-state index contributed by atoms with van der Waals surface area (Å²) in [5.41, 5.74) is 1.16. The number of methoxy groups -OCH3 is 1. The van der Waals surface area contributed by atoms with Crippen LogP contribution < -0.4 is 19.7 Å². The van der Waals surface area contributed by atoms with Gasteiger partial charge in [-0.15, -0.1) is 0 Å². The number of rotatable bonds is 9. The molecule has 3 aromatic carbocycles. The number of aliphatic hydroxyl groups is 1. The summed E-state index contributed by atoms with van der Waals surface area (Å²) in [4.78, 5) is 28.7. The van der Waals surface area contributed by atoms with Crippen molar-refractivity contribution in [1.82, 2.24) is 5.32 Å². The van der Waals surface area contributed by atoms with Crippen LogP contribution in [0.3, 0.4) is 0 Å². The minimum absolute atomic E-state index is 0.0652. The maximum absolute atomic E-state index is 13.8. The number of nitrogens with one attached hydrogen (secondary N) is 1. The molecular weight excluding hydrogens is 551 g/mol. The van der Waals surface area contributed by atoms with Crippen molar-refractivity contribution in [3.8, 4) is 11.5 Å². The van der Waals surface area contributed by atoms with E-state index in [0.29, 0.717) is 40.3 Å². The number of ketones is 1. The highest BCUT2D eigenvalue weighted by atomic mass is 35.5. The quantitative estimate of drug-likeness (QED) is 0.279. The Hall–Kier alpha value is -3.52. The first kappa shape index (κ1) is 28.0. The molecule has 0 aromatic heterocycles. The molecule has 0 aliphatic carbocycles. The lowest BCUT2D eigenvalue weighted by molar-refractivity contribution is -0.117. The minimum atomic E-state index is -0.926. The van der Waals surface area contributed by atoms with E-state index in [4.69, 9.17) is 32.7 Å². The van der Waals surface area contributed by atoms with Crippen LogP contribution in [0.4, 0.5) is 5.69 Å². The average Bonchev–Trinajstić information content (AvgIpc) is 3.23. The second-order valence-corrected chi connectivity index (χ2v) is 10.7. The fourth-order valence-corrected chi connectivity index (χ4v) is 5.64. The Morgan fingerprint density at radius 3 is 2.45 bits per heavy atom. The van der Waals surface area contributed by atoms with E-state index < -0.39 is 23.5 Å². The van der Waals surface area contributed by atoms with E-state index in [0.717, 1.165) is 32.4 Å². The zero-order chi connectivity index (χ0) is 28.2. The lowest BCUT2D eigenvalue weighted by atomic mass is 9.92. The lowest BCUT2D eigenvalue weighted by Gasteiger charge is -2.28. The van der Waals surface area contributed by atoms with E-state index in [1.54, 1.807) is 73.8 Å². The lowest BCUT2D eigenvalue weighted by Crippen LogP contribution is -2.31. The van der Waals surface area contributed by atoms with Crippen molar-refractivity contribution < 1.29 is 24.2 Å². The Morgan fingerprint density at radius 1 is 1.02 bits per heavy atom. The highest BCUT2D eigenvalue weighted by Crippen LogP contribution is 2.44. The maximum Gasteiger partial charge on any atom is 0.294 e. The molecule has 40 heavy (non-hydrogen) atoms. The number of halogens is 2. The summed E-state index contributed by atoms with van der Waals surface area (Å²) in [6, 6.07) is 17.6. The van der Waals surface area contributed by atoms with Crippen LogP contribution >= 0.6 is 23.2 Å². The van der Waals surface area contributed by atoms with E-state index in [2.05, 4.69) is 5.32 Å². The van der Waals surface area contributed by atoms with Gasteiger partial charge in [0.1, 0.15) is 0 Å². The fraction of sp³-hybridized carbons (Fsp3) is 0.290. The third-order valence-corrected chi connectivity index (χ3v) is 8.01. The largest absolute Gasteiger partial charge is 0.503 e. The second-order valence-electron chi connectivity index (χ2n) is 9.87. The first-order chi connectivity index (χ1) is 19.4. The molecule has 2 aliphatic rings.